The van der Waals surface area contributed by atoms with Crippen LogP contribution in [0.15, 0.2) is 24.3 Å². The van der Waals surface area contributed by atoms with Gasteiger partial charge in [0, 0.05) is 25.8 Å². The summed E-state index contributed by atoms with van der Waals surface area (Å²) in [6.07, 6.45) is -0.217. The summed E-state index contributed by atoms with van der Waals surface area (Å²) < 4.78 is 5.36. The molecule has 0 bridgehead atoms. The van der Waals surface area contributed by atoms with Crippen LogP contribution in [0, 0.1) is 6.92 Å². The van der Waals surface area contributed by atoms with E-state index >= 15 is 0 Å². The number of carbonyl (C=O) groups is 1. The molecule has 0 aromatic heterocycles. The van der Waals surface area contributed by atoms with Crippen LogP contribution in [0.25, 0.3) is 0 Å². The summed E-state index contributed by atoms with van der Waals surface area (Å²) in [5.74, 6) is 0. The van der Waals surface area contributed by atoms with Crippen molar-refractivity contribution in [3.8, 4) is 0 Å². The molecule has 0 spiro atoms. The van der Waals surface area contributed by atoms with Crippen LogP contribution in [0.4, 0.5) is 10.5 Å². The number of likely N-dealkylation sites (tertiary alicyclic amines) is 1. The number of rotatable bonds is 2. The van der Waals surface area contributed by atoms with Crippen LogP contribution in [0.1, 0.15) is 26.3 Å². The second kappa shape index (κ2) is 5.35. The molecule has 1 aliphatic heterocycles. The molecule has 1 fully saturated rings. The van der Waals surface area contributed by atoms with E-state index in [9.17, 15) is 4.79 Å². The van der Waals surface area contributed by atoms with E-state index in [4.69, 9.17) is 4.74 Å². The molecule has 0 atom stereocenters. The van der Waals surface area contributed by atoms with Crippen molar-refractivity contribution in [3.63, 3.8) is 0 Å². The van der Waals surface area contributed by atoms with E-state index in [0.29, 0.717) is 6.04 Å². The molecule has 4 heteroatoms. The van der Waals surface area contributed by atoms with Crippen molar-refractivity contribution in [2.24, 2.45) is 0 Å². The fraction of sp³-hybridized carbons (Fsp3) is 0.562. The molecule has 0 aliphatic carbocycles. The number of benzene rings is 1. The minimum atomic E-state index is -0.426. The van der Waals surface area contributed by atoms with Gasteiger partial charge in [-0.1, -0.05) is 17.7 Å². The van der Waals surface area contributed by atoms with Gasteiger partial charge in [0.05, 0.1) is 6.04 Å². The molecule has 4 nitrogen and oxygen atoms in total. The molecule has 1 heterocycles. The minimum absolute atomic E-state index is 0.217. The number of hydrogen-bond acceptors (Lipinski definition) is 3. The Kier molecular flexibility index (Phi) is 3.93. The van der Waals surface area contributed by atoms with Crippen molar-refractivity contribution >= 4 is 11.8 Å². The van der Waals surface area contributed by atoms with E-state index in [2.05, 4.69) is 43.1 Å². The number of nitrogens with zero attached hydrogens (tertiary/aromatic N) is 2. The van der Waals surface area contributed by atoms with Gasteiger partial charge in [-0.05, 0) is 39.8 Å². The Morgan fingerprint density at radius 2 is 1.80 bits per heavy atom. The van der Waals surface area contributed by atoms with E-state index in [1.54, 1.807) is 4.90 Å². The Morgan fingerprint density at radius 1 is 1.25 bits per heavy atom. The highest BCUT2D eigenvalue weighted by Gasteiger charge is 2.35. The third kappa shape index (κ3) is 3.44. The Balaban J connectivity index is 1.87. The van der Waals surface area contributed by atoms with Gasteiger partial charge < -0.3 is 14.5 Å². The minimum Gasteiger partial charge on any atom is -0.444 e. The number of carbonyl (C=O) groups excluding carboxylic acids is 1. The van der Waals surface area contributed by atoms with E-state index in [0.717, 1.165) is 13.1 Å². The first-order valence-corrected chi connectivity index (χ1v) is 7.04. The average Bonchev–Trinajstić information content (AvgIpc) is 2.25. The lowest BCUT2D eigenvalue weighted by atomic mass is 10.1. The zero-order chi connectivity index (χ0) is 14.9. The fourth-order valence-electron chi connectivity index (χ4n) is 2.17. The lowest BCUT2D eigenvalue weighted by molar-refractivity contribution is 0.00852. The fourth-order valence-corrected chi connectivity index (χ4v) is 2.17. The second-order valence-electron chi connectivity index (χ2n) is 6.49. The van der Waals surface area contributed by atoms with Crippen molar-refractivity contribution < 1.29 is 9.53 Å². The summed E-state index contributed by atoms with van der Waals surface area (Å²) in [5, 5.41) is 0. The van der Waals surface area contributed by atoms with Gasteiger partial charge in [0.15, 0.2) is 0 Å². The summed E-state index contributed by atoms with van der Waals surface area (Å²) in [6.45, 7) is 9.19. The van der Waals surface area contributed by atoms with Gasteiger partial charge in [-0.3, -0.25) is 0 Å². The molecule has 0 unspecified atom stereocenters. The quantitative estimate of drug-likeness (QED) is 0.832. The van der Waals surface area contributed by atoms with Gasteiger partial charge in [-0.2, -0.15) is 0 Å². The maximum absolute atomic E-state index is 11.9. The van der Waals surface area contributed by atoms with Crippen molar-refractivity contribution in [1.82, 2.24) is 4.90 Å². The summed E-state index contributed by atoms with van der Waals surface area (Å²) in [7, 11) is 2.07. The van der Waals surface area contributed by atoms with Crippen molar-refractivity contribution in [1.29, 1.82) is 0 Å². The molecule has 1 aromatic rings. The van der Waals surface area contributed by atoms with Crippen LogP contribution in [0.5, 0.6) is 0 Å². The highest BCUT2D eigenvalue weighted by Crippen LogP contribution is 2.23. The van der Waals surface area contributed by atoms with Gasteiger partial charge in [-0.25, -0.2) is 4.79 Å². The Morgan fingerprint density at radius 3 is 2.30 bits per heavy atom. The predicted molar refractivity (Wildman–Crippen MR) is 81.2 cm³/mol. The number of anilines is 1. The number of ether oxygens (including phenoxy) is 1. The zero-order valence-corrected chi connectivity index (χ0v) is 13.0. The largest absolute Gasteiger partial charge is 0.444 e. The second-order valence-corrected chi connectivity index (χ2v) is 6.49. The molecule has 0 saturated carbocycles. The van der Waals surface area contributed by atoms with Crippen LogP contribution in [-0.2, 0) is 4.74 Å². The third-order valence-corrected chi connectivity index (χ3v) is 3.50. The molecule has 2 rings (SSSR count). The molecule has 20 heavy (non-hydrogen) atoms. The maximum Gasteiger partial charge on any atom is 0.410 e. The van der Waals surface area contributed by atoms with Crippen LogP contribution < -0.4 is 4.90 Å². The Bertz CT molecular complexity index is 470. The first-order valence-electron chi connectivity index (χ1n) is 7.04. The van der Waals surface area contributed by atoms with Gasteiger partial charge in [0.2, 0.25) is 0 Å². The predicted octanol–water partition coefficient (Wildman–Crippen LogP) is 3.05. The Labute approximate surface area is 121 Å². The van der Waals surface area contributed by atoms with Crippen LogP contribution in [0.2, 0.25) is 0 Å². The van der Waals surface area contributed by atoms with Gasteiger partial charge >= 0.3 is 6.09 Å². The van der Waals surface area contributed by atoms with E-state index < -0.39 is 5.60 Å². The van der Waals surface area contributed by atoms with Crippen LogP contribution in [0.3, 0.4) is 0 Å². The maximum atomic E-state index is 11.9. The molecular formula is C16H24N2O2. The van der Waals surface area contributed by atoms with Gasteiger partial charge in [0.25, 0.3) is 0 Å². The number of aryl methyl sites for hydroxylation is 1. The van der Waals surface area contributed by atoms with Crippen LogP contribution >= 0.6 is 0 Å². The van der Waals surface area contributed by atoms with Crippen molar-refractivity contribution in [2.75, 3.05) is 25.0 Å². The zero-order valence-electron chi connectivity index (χ0n) is 13.0. The monoisotopic (exact) mass is 276 g/mol. The molecule has 1 amide bonds. The lowest BCUT2D eigenvalue weighted by Crippen LogP contribution is -2.61. The SMILES string of the molecule is Cc1ccc(N(C)C2CN(C(=O)OC(C)(C)C)C2)cc1. The highest BCUT2D eigenvalue weighted by atomic mass is 16.6. The molecular weight excluding hydrogens is 252 g/mol. The normalized spacial score (nSPS) is 15.8. The first kappa shape index (κ1) is 14.7. The van der Waals surface area contributed by atoms with Gasteiger partial charge in [-0.15, -0.1) is 0 Å². The molecule has 1 aromatic carbocycles. The Hall–Kier alpha value is -1.71. The lowest BCUT2D eigenvalue weighted by Gasteiger charge is -2.44. The molecule has 0 N–H and O–H groups in total. The number of amides is 1. The summed E-state index contributed by atoms with van der Waals surface area (Å²) in [5.41, 5.74) is 2.01. The molecule has 1 saturated heterocycles. The third-order valence-electron chi connectivity index (χ3n) is 3.50. The average molecular weight is 276 g/mol. The van der Waals surface area contributed by atoms with E-state index in [1.165, 1.54) is 11.3 Å². The first-order chi connectivity index (χ1) is 9.26. The van der Waals surface area contributed by atoms with Gasteiger partial charge in [0.1, 0.15) is 5.60 Å². The highest BCUT2D eigenvalue weighted by molar-refractivity contribution is 5.70. The molecule has 0 radical (unpaired) electrons. The summed E-state index contributed by atoms with van der Waals surface area (Å²) in [6, 6.07) is 8.81. The smallest absolute Gasteiger partial charge is 0.410 e. The summed E-state index contributed by atoms with van der Waals surface area (Å²) >= 11 is 0. The van der Waals surface area contributed by atoms with E-state index in [1.807, 2.05) is 20.8 Å². The van der Waals surface area contributed by atoms with Crippen molar-refractivity contribution in [2.45, 2.75) is 39.3 Å². The molecule has 110 valence electrons. The standard InChI is InChI=1S/C16H24N2O2/c1-12-6-8-13(9-7-12)17(5)14-10-18(11-14)15(19)20-16(2,3)4/h6-9,14H,10-11H2,1-5H3. The topological polar surface area (TPSA) is 32.8 Å². The molecule has 1 aliphatic rings. The number of hydrogen-bond donors (Lipinski definition) is 0. The van der Waals surface area contributed by atoms with Crippen LogP contribution in [-0.4, -0.2) is 42.8 Å². The van der Waals surface area contributed by atoms with Crippen molar-refractivity contribution in [3.05, 3.63) is 29.8 Å². The van der Waals surface area contributed by atoms with E-state index in [-0.39, 0.29) is 6.09 Å². The summed E-state index contributed by atoms with van der Waals surface area (Å²) in [4.78, 5) is 15.8. The number of likely N-dealkylation sites (N-methyl/N-ethyl adjacent to an activating group) is 1.